The topological polar surface area (TPSA) is 68.8 Å². The van der Waals surface area contributed by atoms with Gasteiger partial charge in [0.15, 0.2) is 5.96 Å². The van der Waals surface area contributed by atoms with Gasteiger partial charge in [-0.15, -0.1) is 0 Å². The van der Waals surface area contributed by atoms with E-state index < -0.39 is 0 Å². The van der Waals surface area contributed by atoms with Crippen molar-refractivity contribution in [1.29, 1.82) is 0 Å². The van der Waals surface area contributed by atoms with E-state index in [1.165, 1.54) is 31.2 Å². The fourth-order valence-corrected chi connectivity index (χ4v) is 4.39. The highest BCUT2D eigenvalue weighted by atomic mass is 16.1. The van der Waals surface area contributed by atoms with Crippen LogP contribution in [0.5, 0.6) is 0 Å². The Balaban J connectivity index is 1.55. The minimum Gasteiger partial charge on any atom is -0.356 e. The molecule has 3 N–H and O–H groups in total. The number of rotatable bonds is 9. The SMILES string of the molecule is CN=C(NCc1cccc(C(=O)NCCN(C)C)c1)NCC1(c2ccccc2)CCCC1. The van der Waals surface area contributed by atoms with Crippen LogP contribution in [-0.2, 0) is 12.0 Å². The van der Waals surface area contributed by atoms with Crippen LogP contribution in [-0.4, -0.2) is 57.5 Å². The quantitative estimate of drug-likeness (QED) is 0.418. The molecule has 6 heteroatoms. The summed E-state index contributed by atoms with van der Waals surface area (Å²) in [6.45, 7) is 2.93. The molecule has 1 amide bonds. The molecule has 0 spiro atoms. The van der Waals surface area contributed by atoms with Crippen molar-refractivity contribution in [3.63, 3.8) is 0 Å². The summed E-state index contributed by atoms with van der Waals surface area (Å²) >= 11 is 0. The van der Waals surface area contributed by atoms with E-state index in [-0.39, 0.29) is 11.3 Å². The summed E-state index contributed by atoms with van der Waals surface area (Å²) in [6, 6.07) is 18.6. The first-order valence-corrected chi connectivity index (χ1v) is 11.5. The van der Waals surface area contributed by atoms with Gasteiger partial charge in [0.05, 0.1) is 0 Å². The van der Waals surface area contributed by atoms with Crippen LogP contribution in [0.2, 0.25) is 0 Å². The average Bonchev–Trinajstić information content (AvgIpc) is 3.30. The summed E-state index contributed by atoms with van der Waals surface area (Å²) in [7, 11) is 5.79. The molecule has 0 atom stereocenters. The smallest absolute Gasteiger partial charge is 0.251 e. The van der Waals surface area contributed by atoms with Crippen LogP contribution in [0.3, 0.4) is 0 Å². The molecule has 1 aliphatic carbocycles. The number of nitrogens with zero attached hydrogens (tertiary/aromatic N) is 2. The summed E-state index contributed by atoms with van der Waals surface area (Å²) in [5.74, 6) is 0.746. The predicted octanol–water partition coefficient (Wildman–Crippen LogP) is 3.16. The number of hydrogen-bond acceptors (Lipinski definition) is 3. The minimum absolute atomic E-state index is 0.0396. The highest BCUT2D eigenvalue weighted by molar-refractivity contribution is 5.94. The summed E-state index contributed by atoms with van der Waals surface area (Å²) in [6.07, 6.45) is 4.94. The van der Waals surface area contributed by atoms with Crippen LogP contribution in [0.1, 0.15) is 47.2 Å². The highest BCUT2D eigenvalue weighted by Crippen LogP contribution is 2.40. The number of carbonyl (C=O) groups is 1. The fraction of sp³-hybridized carbons (Fsp3) is 0.462. The maximum Gasteiger partial charge on any atom is 0.251 e. The average molecular weight is 436 g/mol. The van der Waals surface area contributed by atoms with E-state index >= 15 is 0 Å². The Hall–Kier alpha value is -2.86. The molecule has 0 heterocycles. The predicted molar refractivity (Wildman–Crippen MR) is 132 cm³/mol. The first-order chi connectivity index (χ1) is 15.5. The highest BCUT2D eigenvalue weighted by Gasteiger charge is 2.35. The van der Waals surface area contributed by atoms with Crippen molar-refractivity contribution in [1.82, 2.24) is 20.9 Å². The minimum atomic E-state index is -0.0396. The molecule has 0 radical (unpaired) electrons. The van der Waals surface area contributed by atoms with E-state index in [2.05, 4.69) is 51.3 Å². The molecule has 172 valence electrons. The van der Waals surface area contributed by atoms with Gasteiger partial charge >= 0.3 is 0 Å². The van der Waals surface area contributed by atoms with Crippen LogP contribution >= 0.6 is 0 Å². The third-order valence-corrected chi connectivity index (χ3v) is 6.26. The summed E-state index contributed by atoms with van der Waals surface area (Å²) in [5, 5.41) is 9.92. The summed E-state index contributed by atoms with van der Waals surface area (Å²) in [5.41, 5.74) is 3.31. The molecule has 0 unspecified atom stereocenters. The summed E-state index contributed by atoms with van der Waals surface area (Å²) < 4.78 is 0. The molecule has 6 nitrogen and oxygen atoms in total. The molecule has 32 heavy (non-hydrogen) atoms. The van der Waals surface area contributed by atoms with Gasteiger partial charge in [-0.1, -0.05) is 55.3 Å². The van der Waals surface area contributed by atoms with Gasteiger partial charge in [0.2, 0.25) is 0 Å². The van der Waals surface area contributed by atoms with Gasteiger partial charge in [0.25, 0.3) is 5.91 Å². The van der Waals surface area contributed by atoms with E-state index in [1.54, 1.807) is 7.05 Å². The van der Waals surface area contributed by atoms with Crippen molar-refractivity contribution in [3.8, 4) is 0 Å². The molecule has 0 saturated heterocycles. The molecule has 3 rings (SSSR count). The van der Waals surface area contributed by atoms with Gasteiger partial charge in [-0.25, -0.2) is 0 Å². The number of amides is 1. The van der Waals surface area contributed by atoms with Crippen molar-refractivity contribution >= 4 is 11.9 Å². The van der Waals surface area contributed by atoms with Crippen LogP contribution in [0.25, 0.3) is 0 Å². The molecule has 2 aromatic rings. The van der Waals surface area contributed by atoms with E-state index in [4.69, 9.17) is 0 Å². The number of guanidine groups is 1. The third kappa shape index (κ3) is 6.57. The molecular formula is C26H37N5O. The number of carbonyl (C=O) groups excluding carboxylic acids is 1. The zero-order chi connectivity index (χ0) is 22.8. The van der Waals surface area contributed by atoms with Gasteiger partial charge in [0.1, 0.15) is 0 Å². The molecule has 1 fully saturated rings. The van der Waals surface area contributed by atoms with Gasteiger partial charge < -0.3 is 20.9 Å². The van der Waals surface area contributed by atoms with Crippen LogP contribution in [0, 0.1) is 0 Å². The lowest BCUT2D eigenvalue weighted by atomic mass is 9.79. The first kappa shape index (κ1) is 23.8. The van der Waals surface area contributed by atoms with E-state index in [1.807, 2.05) is 43.3 Å². The molecule has 0 aliphatic heterocycles. The Labute approximate surface area is 192 Å². The number of likely N-dealkylation sites (N-methyl/N-ethyl adjacent to an activating group) is 1. The summed E-state index contributed by atoms with van der Waals surface area (Å²) in [4.78, 5) is 18.9. The van der Waals surface area contributed by atoms with Crippen molar-refractivity contribution in [3.05, 3.63) is 71.3 Å². The second-order valence-electron chi connectivity index (χ2n) is 8.89. The van der Waals surface area contributed by atoms with Crippen LogP contribution in [0.15, 0.2) is 59.6 Å². The third-order valence-electron chi connectivity index (χ3n) is 6.26. The normalized spacial score (nSPS) is 15.6. The molecule has 1 aliphatic rings. The fourth-order valence-electron chi connectivity index (χ4n) is 4.39. The maximum atomic E-state index is 12.4. The Bertz CT molecular complexity index is 888. The van der Waals surface area contributed by atoms with Crippen molar-refractivity contribution in [2.24, 2.45) is 4.99 Å². The Morgan fingerprint density at radius 1 is 1.00 bits per heavy atom. The second-order valence-corrected chi connectivity index (χ2v) is 8.89. The Kier molecular flexibility index (Phi) is 8.68. The van der Waals surface area contributed by atoms with E-state index in [0.717, 1.165) is 24.6 Å². The monoisotopic (exact) mass is 435 g/mol. The van der Waals surface area contributed by atoms with Crippen molar-refractivity contribution in [2.45, 2.75) is 37.6 Å². The number of aliphatic imine (C=N–C) groups is 1. The van der Waals surface area contributed by atoms with Crippen molar-refractivity contribution in [2.75, 3.05) is 40.8 Å². The number of nitrogens with one attached hydrogen (secondary N) is 3. The van der Waals surface area contributed by atoms with Crippen molar-refractivity contribution < 1.29 is 4.79 Å². The maximum absolute atomic E-state index is 12.4. The lowest BCUT2D eigenvalue weighted by Crippen LogP contribution is -2.44. The lowest BCUT2D eigenvalue weighted by Gasteiger charge is -2.30. The zero-order valence-electron chi connectivity index (χ0n) is 19.7. The first-order valence-electron chi connectivity index (χ1n) is 11.5. The Morgan fingerprint density at radius 2 is 1.75 bits per heavy atom. The number of benzene rings is 2. The van der Waals surface area contributed by atoms with Gasteiger partial charge in [0, 0.05) is 44.2 Å². The van der Waals surface area contributed by atoms with Gasteiger partial charge in [-0.2, -0.15) is 0 Å². The lowest BCUT2D eigenvalue weighted by molar-refractivity contribution is 0.0951. The molecule has 1 saturated carbocycles. The molecule has 0 aromatic heterocycles. The van der Waals surface area contributed by atoms with E-state index in [0.29, 0.717) is 18.7 Å². The zero-order valence-corrected chi connectivity index (χ0v) is 19.7. The number of hydrogen-bond donors (Lipinski definition) is 3. The van der Waals surface area contributed by atoms with E-state index in [9.17, 15) is 4.79 Å². The van der Waals surface area contributed by atoms with Crippen LogP contribution in [0.4, 0.5) is 0 Å². The van der Waals surface area contributed by atoms with Gasteiger partial charge in [-0.05, 0) is 50.2 Å². The second kappa shape index (κ2) is 11.7. The van der Waals surface area contributed by atoms with Crippen LogP contribution < -0.4 is 16.0 Å². The Morgan fingerprint density at radius 3 is 2.44 bits per heavy atom. The molecule has 0 bridgehead atoms. The molecule has 2 aromatic carbocycles. The molecular weight excluding hydrogens is 398 g/mol. The van der Waals surface area contributed by atoms with Gasteiger partial charge in [-0.3, -0.25) is 9.79 Å². The standard InChI is InChI=1S/C26H37N5O/c1-27-25(30-20-26(14-7-8-15-26)23-12-5-4-6-13-23)29-19-21-10-9-11-22(18-21)24(32)28-16-17-31(2)3/h4-6,9-13,18H,7-8,14-17,19-20H2,1-3H3,(H,28,32)(H2,27,29,30). The largest absolute Gasteiger partial charge is 0.356 e.